The van der Waals surface area contributed by atoms with E-state index in [1.54, 1.807) is 48.5 Å². The van der Waals surface area contributed by atoms with Gasteiger partial charge in [0.25, 0.3) is 10.0 Å². The van der Waals surface area contributed by atoms with Crippen LogP contribution in [0.25, 0.3) is 0 Å². The molecule has 3 aromatic carbocycles. The third-order valence-electron chi connectivity index (χ3n) is 5.76. The number of rotatable bonds is 6. The van der Waals surface area contributed by atoms with Crippen LogP contribution in [0.4, 0.5) is 15.8 Å². The summed E-state index contributed by atoms with van der Waals surface area (Å²) in [6.07, 6.45) is 0.894. The fourth-order valence-electron chi connectivity index (χ4n) is 3.94. The number of hydrogen-bond donors (Lipinski definition) is 1. The van der Waals surface area contributed by atoms with Crippen molar-refractivity contribution in [2.24, 2.45) is 0 Å². The summed E-state index contributed by atoms with van der Waals surface area (Å²) in [5.74, 6) is -0.404. The molecule has 0 amide bonds. The summed E-state index contributed by atoms with van der Waals surface area (Å²) in [6, 6.07) is 20.9. The van der Waals surface area contributed by atoms with Gasteiger partial charge >= 0.3 is 0 Å². The second kappa shape index (κ2) is 9.61. The highest BCUT2D eigenvalue weighted by molar-refractivity contribution is 7.92. The van der Waals surface area contributed by atoms with Gasteiger partial charge in [-0.15, -0.1) is 0 Å². The van der Waals surface area contributed by atoms with Gasteiger partial charge in [0.15, 0.2) is 0 Å². The highest BCUT2D eigenvalue weighted by Gasteiger charge is 2.27. The first-order chi connectivity index (χ1) is 15.9. The Labute approximate surface area is 193 Å². The second-order valence-electron chi connectivity index (χ2n) is 7.98. The van der Waals surface area contributed by atoms with Crippen LogP contribution in [-0.2, 0) is 16.6 Å². The van der Waals surface area contributed by atoms with Crippen LogP contribution in [0.5, 0.6) is 0 Å². The van der Waals surface area contributed by atoms with Crippen LogP contribution in [0, 0.1) is 17.1 Å². The van der Waals surface area contributed by atoms with E-state index in [-0.39, 0.29) is 17.5 Å². The molecule has 0 saturated carbocycles. The van der Waals surface area contributed by atoms with E-state index in [0.29, 0.717) is 48.4 Å². The van der Waals surface area contributed by atoms with E-state index in [9.17, 15) is 23.2 Å². The van der Waals surface area contributed by atoms with Gasteiger partial charge in [-0.1, -0.05) is 30.3 Å². The molecule has 0 bridgehead atoms. The molecule has 3 aromatic rings. The summed E-state index contributed by atoms with van der Waals surface area (Å²) in [6.45, 7) is 1.23. The van der Waals surface area contributed by atoms with Gasteiger partial charge in [0, 0.05) is 13.1 Å². The van der Waals surface area contributed by atoms with E-state index in [4.69, 9.17) is 0 Å². The number of halogens is 1. The van der Waals surface area contributed by atoms with Gasteiger partial charge in [-0.2, -0.15) is 5.26 Å². The van der Waals surface area contributed by atoms with Crippen molar-refractivity contribution in [3.8, 4) is 6.07 Å². The largest absolute Gasteiger partial charge is 0.393 e. The van der Waals surface area contributed by atoms with Gasteiger partial charge in [0.1, 0.15) is 11.9 Å². The Morgan fingerprint density at radius 2 is 1.70 bits per heavy atom. The minimum absolute atomic E-state index is 0.0162. The molecule has 0 atom stereocenters. The molecule has 4 rings (SSSR count). The van der Waals surface area contributed by atoms with Crippen molar-refractivity contribution in [1.29, 1.82) is 5.26 Å². The minimum atomic E-state index is -3.95. The highest BCUT2D eigenvalue weighted by atomic mass is 32.2. The monoisotopic (exact) mass is 465 g/mol. The normalized spacial score (nSPS) is 14.6. The Bertz CT molecular complexity index is 1250. The number of nitrogens with zero attached hydrogens (tertiary/aromatic N) is 3. The Kier molecular flexibility index (Phi) is 6.63. The van der Waals surface area contributed by atoms with Crippen molar-refractivity contribution >= 4 is 21.4 Å². The number of hydrogen-bond acceptors (Lipinski definition) is 5. The third kappa shape index (κ3) is 5.00. The number of aliphatic hydroxyl groups excluding tert-OH is 1. The quantitative estimate of drug-likeness (QED) is 0.594. The maximum atomic E-state index is 13.6. The Morgan fingerprint density at radius 1 is 1.03 bits per heavy atom. The van der Waals surface area contributed by atoms with Gasteiger partial charge in [0.2, 0.25) is 0 Å². The van der Waals surface area contributed by atoms with E-state index in [0.717, 1.165) is 0 Å². The third-order valence-corrected chi connectivity index (χ3v) is 7.55. The Hall–Kier alpha value is -3.41. The lowest BCUT2D eigenvalue weighted by Crippen LogP contribution is -2.36. The molecule has 1 N–H and O–H groups in total. The van der Waals surface area contributed by atoms with Crippen molar-refractivity contribution in [3.05, 3.63) is 89.7 Å². The maximum Gasteiger partial charge on any atom is 0.264 e. The number of piperidine rings is 1. The molecule has 0 aromatic heterocycles. The molecule has 0 spiro atoms. The predicted molar refractivity (Wildman–Crippen MR) is 125 cm³/mol. The number of nitriles is 1. The summed E-state index contributed by atoms with van der Waals surface area (Å²) < 4.78 is 41.8. The smallest absolute Gasteiger partial charge is 0.264 e. The Balaban J connectivity index is 1.75. The van der Waals surface area contributed by atoms with Gasteiger partial charge in [-0.25, -0.2) is 12.8 Å². The molecule has 1 saturated heterocycles. The highest BCUT2D eigenvalue weighted by Crippen LogP contribution is 2.32. The zero-order valence-corrected chi connectivity index (χ0v) is 18.7. The lowest BCUT2D eigenvalue weighted by Gasteiger charge is -2.32. The first-order valence-corrected chi connectivity index (χ1v) is 12.1. The van der Waals surface area contributed by atoms with Crippen LogP contribution in [0.15, 0.2) is 77.7 Å². The van der Waals surface area contributed by atoms with E-state index >= 15 is 0 Å². The van der Waals surface area contributed by atoms with Gasteiger partial charge in [-0.05, 0) is 60.9 Å². The Morgan fingerprint density at radius 3 is 2.33 bits per heavy atom. The molecule has 1 fully saturated rings. The predicted octanol–water partition coefficient (Wildman–Crippen LogP) is 4.05. The molecule has 33 heavy (non-hydrogen) atoms. The van der Waals surface area contributed by atoms with Crippen LogP contribution in [-0.4, -0.2) is 32.7 Å². The zero-order chi connectivity index (χ0) is 23.4. The van der Waals surface area contributed by atoms with Crippen LogP contribution >= 0.6 is 0 Å². The number of anilines is 2. The molecule has 6 nitrogen and oxygen atoms in total. The second-order valence-corrected chi connectivity index (χ2v) is 9.84. The first-order valence-electron chi connectivity index (χ1n) is 10.7. The SMILES string of the molecule is N#Cc1cc(N(Cc2ccc(F)cc2)S(=O)(=O)c2ccccc2)ccc1N1CCC(O)CC1. The number of aliphatic hydroxyl groups is 1. The van der Waals surface area contributed by atoms with Crippen molar-refractivity contribution in [1.82, 2.24) is 0 Å². The molecule has 170 valence electrons. The fraction of sp³-hybridized carbons (Fsp3) is 0.240. The summed E-state index contributed by atoms with van der Waals surface area (Å²) in [5.41, 5.74) is 2.03. The molecule has 1 aliphatic rings. The van der Waals surface area contributed by atoms with Crippen molar-refractivity contribution in [2.75, 3.05) is 22.3 Å². The van der Waals surface area contributed by atoms with Crippen molar-refractivity contribution in [3.63, 3.8) is 0 Å². The van der Waals surface area contributed by atoms with Crippen LogP contribution in [0.3, 0.4) is 0 Å². The average molecular weight is 466 g/mol. The van der Waals surface area contributed by atoms with E-state index in [1.807, 2.05) is 4.90 Å². The fourth-order valence-corrected chi connectivity index (χ4v) is 5.41. The van der Waals surface area contributed by atoms with Crippen LogP contribution < -0.4 is 9.21 Å². The molecule has 8 heteroatoms. The lowest BCUT2D eigenvalue weighted by atomic mass is 10.0. The topological polar surface area (TPSA) is 84.6 Å². The number of benzene rings is 3. The van der Waals surface area contributed by atoms with Gasteiger partial charge < -0.3 is 10.0 Å². The molecule has 1 heterocycles. The molecule has 0 unspecified atom stereocenters. The van der Waals surface area contributed by atoms with E-state index in [2.05, 4.69) is 6.07 Å². The minimum Gasteiger partial charge on any atom is -0.393 e. The van der Waals surface area contributed by atoms with Crippen LogP contribution in [0.1, 0.15) is 24.0 Å². The standard InChI is InChI=1S/C25H24FN3O3S/c26-21-8-6-19(7-9-21)18-29(33(31,32)24-4-2-1-3-5-24)22-10-11-25(20(16-22)17-27)28-14-12-23(30)13-15-28/h1-11,16,23,30H,12-15,18H2. The maximum absolute atomic E-state index is 13.6. The van der Waals surface area contributed by atoms with Gasteiger partial charge in [0.05, 0.1) is 34.5 Å². The molecule has 0 radical (unpaired) electrons. The first kappa shape index (κ1) is 22.8. The van der Waals surface area contributed by atoms with Crippen molar-refractivity contribution in [2.45, 2.75) is 30.4 Å². The number of sulfonamides is 1. The van der Waals surface area contributed by atoms with Crippen LogP contribution in [0.2, 0.25) is 0 Å². The zero-order valence-electron chi connectivity index (χ0n) is 17.9. The van der Waals surface area contributed by atoms with E-state index in [1.165, 1.54) is 28.6 Å². The molecule has 1 aliphatic heterocycles. The summed E-state index contributed by atoms with van der Waals surface area (Å²) >= 11 is 0. The van der Waals surface area contributed by atoms with Gasteiger partial charge in [-0.3, -0.25) is 4.31 Å². The van der Waals surface area contributed by atoms with Crippen molar-refractivity contribution < 1.29 is 17.9 Å². The lowest BCUT2D eigenvalue weighted by molar-refractivity contribution is 0.145. The summed E-state index contributed by atoms with van der Waals surface area (Å²) in [7, 11) is -3.95. The molecule has 0 aliphatic carbocycles. The summed E-state index contributed by atoms with van der Waals surface area (Å²) in [4.78, 5) is 2.16. The molecular weight excluding hydrogens is 441 g/mol. The summed E-state index contributed by atoms with van der Waals surface area (Å²) in [5, 5.41) is 19.6. The molecular formula is C25H24FN3O3S. The average Bonchev–Trinajstić information content (AvgIpc) is 2.84. The van der Waals surface area contributed by atoms with E-state index < -0.39 is 15.8 Å².